The van der Waals surface area contributed by atoms with Crippen LogP contribution in [0.5, 0.6) is 0 Å². The molecule has 0 radical (unpaired) electrons. The summed E-state index contributed by atoms with van der Waals surface area (Å²) < 4.78 is 0. The highest BCUT2D eigenvalue weighted by Crippen LogP contribution is 2.00. The number of carboxylic acids is 2. The number of rotatable bonds is 9. The molecule has 0 aromatic heterocycles. The van der Waals surface area contributed by atoms with Gasteiger partial charge in [-0.3, -0.25) is 24.0 Å². The van der Waals surface area contributed by atoms with Crippen LogP contribution in [0.4, 0.5) is 0 Å². The van der Waals surface area contributed by atoms with Gasteiger partial charge in [-0.05, 0) is 6.42 Å². The van der Waals surface area contributed by atoms with Gasteiger partial charge in [0, 0.05) is 13.3 Å². The number of carbonyl (C=O) groups is 5. The average Bonchev–Trinajstić information content (AvgIpc) is 2.31. The van der Waals surface area contributed by atoms with Gasteiger partial charge in [0.15, 0.2) is 0 Å². The lowest BCUT2D eigenvalue weighted by Crippen LogP contribution is -2.53. The standard InChI is InChI=1S/C11H17N3O7/c1-5(15)13-7(4-9(18)19)11(21)14-6(10(12)20)2-3-8(16)17/h6-7H,2-4H2,1H3,(H2,12,20)(H,13,15)(H,14,21)(H,16,17)(H,18,19)/t6-,7-/m0/s1. The third-order valence-corrected chi connectivity index (χ3v) is 2.38. The van der Waals surface area contributed by atoms with Crippen LogP contribution in [-0.4, -0.2) is 52.0 Å². The largest absolute Gasteiger partial charge is 0.481 e. The second kappa shape index (κ2) is 8.51. The summed E-state index contributed by atoms with van der Waals surface area (Å²) in [4.78, 5) is 54.9. The lowest BCUT2D eigenvalue weighted by Gasteiger charge is -2.20. The fourth-order valence-electron chi connectivity index (χ4n) is 1.45. The highest BCUT2D eigenvalue weighted by molar-refractivity contribution is 5.93. The summed E-state index contributed by atoms with van der Waals surface area (Å²) >= 11 is 0. The van der Waals surface area contributed by atoms with Gasteiger partial charge in [0.05, 0.1) is 6.42 Å². The number of aliphatic carboxylic acids is 2. The predicted octanol–water partition coefficient (Wildman–Crippen LogP) is -2.20. The molecule has 0 fully saturated rings. The number of hydrogen-bond donors (Lipinski definition) is 5. The third kappa shape index (κ3) is 8.18. The van der Waals surface area contributed by atoms with E-state index in [0.29, 0.717) is 0 Å². The van der Waals surface area contributed by atoms with Crippen molar-refractivity contribution in [2.45, 2.75) is 38.3 Å². The molecule has 10 nitrogen and oxygen atoms in total. The highest BCUT2D eigenvalue weighted by atomic mass is 16.4. The minimum absolute atomic E-state index is 0.240. The van der Waals surface area contributed by atoms with Crippen LogP contribution in [0.2, 0.25) is 0 Å². The minimum atomic E-state index is -1.38. The first-order valence-electron chi connectivity index (χ1n) is 5.93. The van der Waals surface area contributed by atoms with E-state index in [-0.39, 0.29) is 6.42 Å². The Bertz CT molecular complexity index is 433. The number of carboxylic acid groups (broad SMARTS) is 2. The molecule has 0 aliphatic carbocycles. The Balaban J connectivity index is 4.80. The van der Waals surface area contributed by atoms with E-state index >= 15 is 0 Å². The lowest BCUT2D eigenvalue weighted by molar-refractivity contribution is -0.140. The zero-order chi connectivity index (χ0) is 16.6. The number of primary amides is 1. The summed E-state index contributed by atoms with van der Waals surface area (Å²) in [6.45, 7) is 1.10. The first-order valence-corrected chi connectivity index (χ1v) is 5.93. The molecule has 0 rings (SSSR count). The van der Waals surface area contributed by atoms with Crippen molar-refractivity contribution >= 4 is 29.7 Å². The third-order valence-electron chi connectivity index (χ3n) is 2.38. The van der Waals surface area contributed by atoms with Gasteiger partial charge in [0.1, 0.15) is 12.1 Å². The van der Waals surface area contributed by atoms with Gasteiger partial charge in [-0.25, -0.2) is 0 Å². The van der Waals surface area contributed by atoms with E-state index in [4.69, 9.17) is 15.9 Å². The van der Waals surface area contributed by atoms with E-state index < -0.39 is 54.6 Å². The fourth-order valence-corrected chi connectivity index (χ4v) is 1.45. The smallest absolute Gasteiger partial charge is 0.305 e. The molecule has 118 valence electrons. The maximum Gasteiger partial charge on any atom is 0.305 e. The fraction of sp³-hybridized carbons (Fsp3) is 0.545. The monoisotopic (exact) mass is 303 g/mol. The van der Waals surface area contributed by atoms with Crippen LogP contribution in [-0.2, 0) is 24.0 Å². The summed E-state index contributed by atoms with van der Waals surface area (Å²) in [5, 5.41) is 21.4. The summed E-state index contributed by atoms with van der Waals surface area (Å²) in [6.07, 6.45) is -1.33. The molecule has 0 aromatic carbocycles. The van der Waals surface area contributed by atoms with Gasteiger partial charge in [-0.1, -0.05) is 0 Å². The molecule has 0 saturated heterocycles. The Morgan fingerprint density at radius 3 is 1.95 bits per heavy atom. The van der Waals surface area contributed by atoms with Crippen LogP contribution >= 0.6 is 0 Å². The summed E-state index contributed by atoms with van der Waals surface area (Å²) in [5.74, 6) is -5.02. The molecular formula is C11H17N3O7. The summed E-state index contributed by atoms with van der Waals surface area (Å²) in [5.41, 5.74) is 5.02. The van der Waals surface area contributed by atoms with Crippen LogP contribution in [0.3, 0.4) is 0 Å². The van der Waals surface area contributed by atoms with E-state index in [1.807, 2.05) is 0 Å². The van der Waals surface area contributed by atoms with E-state index in [2.05, 4.69) is 10.6 Å². The van der Waals surface area contributed by atoms with Crippen molar-refractivity contribution in [1.82, 2.24) is 10.6 Å². The minimum Gasteiger partial charge on any atom is -0.481 e. The lowest BCUT2D eigenvalue weighted by atomic mass is 10.1. The number of carbonyl (C=O) groups excluding carboxylic acids is 3. The van der Waals surface area contributed by atoms with E-state index in [9.17, 15) is 24.0 Å². The maximum absolute atomic E-state index is 11.8. The normalized spacial score (nSPS) is 12.8. The Hall–Kier alpha value is -2.65. The second-order valence-electron chi connectivity index (χ2n) is 4.25. The van der Waals surface area contributed by atoms with Gasteiger partial charge >= 0.3 is 11.9 Å². The van der Waals surface area contributed by atoms with Crippen LogP contribution in [0.25, 0.3) is 0 Å². The van der Waals surface area contributed by atoms with Gasteiger partial charge in [0.25, 0.3) is 0 Å². The Labute approximate surface area is 119 Å². The predicted molar refractivity (Wildman–Crippen MR) is 67.9 cm³/mol. The molecule has 21 heavy (non-hydrogen) atoms. The SMILES string of the molecule is CC(=O)N[C@@H](CC(=O)O)C(=O)N[C@@H](CCC(=O)O)C(N)=O. The molecule has 10 heteroatoms. The van der Waals surface area contributed by atoms with Crippen molar-refractivity contribution in [3.63, 3.8) is 0 Å². The van der Waals surface area contributed by atoms with Crippen molar-refractivity contribution in [2.75, 3.05) is 0 Å². The van der Waals surface area contributed by atoms with Crippen molar-refractivity contribution in [1.29, 1.82) is 0 Å². The average molecular weight is 303 g/mol. The summed E-state index contributed by atoms with van der Waals surface area (Å²) in [6, 6.07) is -2.65. The van der Waals surface area contributed by atoms with Crippen molar-refractivity contribution in [3.05, 3.63) is 0 Å². The molecule has 0 aromatic rings. The molecule has 0 bridgehead atoms. The van der Waals surface area contributed by atoms with Crippen molar-refractivity contribution < 1.29 is 34.2 Å². The molecule has 0 aliphatic heterocycles. The zero-order valence-corrected chi connectivity index (χ0v) is 11.3. The van der Waals surface area contributed by atoms with E-state index in [1.54, 1.807) is 0 Å². The molecule has 0 saturated carbocycles. The Morgan fingerprint density at radius 1 is 1.00 bits per heavy atom. The van der Waals surface area contributed by atoms with Gasteiger partial charge in [0.2, 0.25) is 17.7 Å². The topological polar surface area (TPSA) is 176 Å². The first-order chi connectivity index (χ1) is 9.63. The maximum atomic E-state index is 11.8. The first kappa shape index (κ1) is 18.4. The van der Waals surface area contributed by atoms with Crippen LogP contribution < -0.4 is 16.4 Å². The van der Waals surface area contributed by atoms with Crippen LogP contribution in [0, 0.1) is 0 Å². The Kier molecular flexibility index (Phi) is 7.43. The van der Waals surface area contributed by atoms with Gasteiger partial charge < -0.3 is 26.6 Å². The highest BCUT2D eigenvalue weighted by Gasteiger charge is 2.27. The molecule has 0 spiro atoms. The molecule has 0 aliphatic rings. The number of hydrogen-bond acceptors (Lipinski definition) is 5. The number of amides is 3. The van der Waals surface area contributed by atoms with Crippen molar-refractivity contribution in [2.24, 2.45) is 5.73 Å². The molecule has 3 amide bonds. The molecular weight excluding hydrogens is 286 g/mol. The summed E-state index contributed by atoms with van der Waals surface area (Å²) in [7, 11) is 0. The van der Waals surface area contributed by atoms with E-state index in [1.165, 1.54) is 0 Å². The van der Waals surface area contributed by atoms with E-state index in [0.717, 1.165) is 6.92 Å². The van der Waals surface area contributed by atoms with Crippen LogP contribution in [0.15, 0.2) is 0 Å². The zero-order valence-electron chi connectivity index (χ0n) is 11.3. The number of nitrogens with one attached hydrogen (secondary N) is 2. The van der Waals surface area contributed by atoms with Crippen molar-refractivity contribution in [3.8, 4) is 0 Å². The Morgan fingerprint density at radius 2 is 1.57 bits per heavy atom. The van der Waals surface area contributed by atoms with Gasteiger partial charge in [-0.15, -0.1) is 0 Å². The number of nitrogens with two attached hydrogens (primary N) is 1. The second-order valence-corrected chi connectivity index (χ2v) is 4.25. The van der Waals surface area contributed by atoms with Crippen LogP contribution in [0.1, 0.15) is 26.2 Å². The molecule has 6 N–H and O–H groups in total. The van der Waals surface area contributed by atoms with Gasteiger partial charge in [-0.2, -0.15) is 0 Å². The molecule has 2 atom stereocenters. The molecule has 0 heterocycles. The molecule has 0 unspecified atom stereocenters. The quantitative estimate of drug-likeness (QED) is 0.321.